The summed E-state index contributed by atoms with van der Waals surface area (Å²) in [5.41, 5.74) is 0. The van der Waals surface area contributed by atoms with Crippen molar-refractivity contribution in [2.75, 3.05) is 6.61 Å². The minimum atomic E-state index is 0.331. The fraction of sp³-hybridized carbons (Fsp3) is 1.00. The van der Waals surface area contributed by atoms with Crippen molar-refractivity contribution in [1.82, 2.24) is 0 Å². The van der Waals surface area contributed by atoms with Crippen molar-refractivity contribution >= 4 is 7.48 Å². The van der Waals surface area contributed by atoms with Crippen LogP contribution in [0.4, 0.5) is 0 Å². The van der Waals surface area contributed by atoms with E-state index < -0.39 is 0 Å². The highest BCUT2D eigenvalue weighted by Crippen LogP contribution is 2.30. The van der Waals surface area contributed by atoms with Crippen molar-refractivity contribution in [1.29, 1.82) is 0 Å². The fourth-order valence-corrected chi connectivity index (χ4v) is 1.60. The van der Waals surface area contributed by atoms with Gasteiger partial charge in [-0.05, 0) is 24.6 Å². The Labute approximate surface area is 62.5 Å². The van der Waals surface area contributed by atoms with Gasteiger partial charge in [-0.3, -0.25) is 0 Å². The van der Waals surface area contributed by atoms with Crippen molar-refractivity contribution in [3.05, 3.63) is 0 Å². The van der Waals surface area contributed by atoms with E-state index in [1.54, 1.807) is 0 Å². The van der Waals surface area contributed by atoms with Crippen LogP contribution in [0.3, 0.4) is 0 Å². The standard InChI is InChI=1S/C7H15BO2/c9-5-6-1-3-7(8-10)4-2-6/h6-10H,1-5H2. The van der Waals surface area contributed by atoms with Crippen molar-refractivity contribution in [2.45, 2.75) is 31.5 Å². The van der Waals surface area contributed by atoms with Gasteiger partial charge in [-0.15, -0.1) is 0 Å². The quantitative estimate of drug-likeness (QED) is 0.544. The summed E-state index contributed by atoms with van der Waals surface area (Å²) in [6.07, 6.45) is 4.40. The largest absolute Gasteiger partial charge is 0.454 e. The zero-order valence-electron chi connectivity index (χ0n) is 6.29. The second kappa shape index (κ2) is 3.99. The van der Waals surface area contributed by atoms with E-state index >= 15 is 0 Å². The maximum absolute atomic E-state index is 8.79. The van der Waals surface area contributed by atoms with Gasteiger partial charge in [0.1, 0.15) is 0 Å². The molecule has 0 spiro atoms. The van der Waals surface area contributed by atoms with Gasteiger partial charge >= 0.3 is 0 Å². The molecule has 0 amide bonds. The van der Waals surface area contributed by atoms with Gasteiger partial charge in [0.05, 0.1) is 0 Å². The molecule has 0 unspecified atom stereocenters. The fourth-order valence-electron chi connectivity index (χ4n) is 1.60. The molecule has 1 aliphatic carbocycles. The van der Waals surface area contributed by atoms with Crippen LogP contribution in [-0.4, -0.2) is 24.2 Å². The third-order valence-electron chi connectivity index (χ3n) is 2.48. The Morgan fingerprint density at radius 1 is 1.20 bits per heavy atom. The molecule has 0 bridgehead atoms. The lowest BCUT2D eigenvalue weighted by Crippen LogP contribution is -2.17. The molecule has 0 heterocycles. The van der Waals surface area contributed by atoms with E-state index in [-0.39, 0.29) is 0 Å². The molecule has 0 aromatic carbocycles. The molecular formula is C7H15BO2. The number of aliphatic hydroxyl groups excluding tert-OH is 1. The van der Waals surface area contributed by atoms with Crippen LogP contribution in [0.1, 0.15) is 25.7 Å². The molecule has 0 aliphatic heterocycles. The Morgan fingerprint density at radius 3 is 2.20 bits per heavy atom. The predicted molar refractivity (Wildman–Crippen MR) is 42.2 cm³/mol. The first-order valence-electron chi connectivity index (χ1n) is 4.08. The summed E-state index contributed by atoms with van der Waals surface area (Å²) in [4.78, 5) is 0. The van der Waals surface area contributed by atoms with Crippen LogP contribution in [-0.2, 0) is 0 Å². The molecule has 0 atom stereocenters. The van der Waals surface area contributed by atoms with Gasteiger partial charge in [-0.2, -0.15) is 0 Å². The van der Waals surface area contributed by atoms with Crippen LogP contribution in [0.25, 0.3) is 0 Å². The molecule has 1 rings (SSSR count). The van der Waals surface area contributed by atoms with Crippen LogP contribution in [0.2, 0.25) is 5.82 Å². The van der Waals surface area contributed by atoms with Crippen LogP contribution in [0.5, 0.6) is 0 Å². The Hall–Kier alpha value is -0.0151. The Balaban J connectivity index is 2.17. The molecule has 2 nitrogen and oxygen atoms in total. The number of aliphatic hydroxyl groups is 1. The van der Waals surface area contributed by atoms with Gasteiger partial charge < -0.3 is 10.1 Å². The number of hydrogen-bond donors (Lipinski definition) is 2. The van der Waals surface area contributed by atoms with Gasteiger partial charge in [0.2, 0.25) is 0 Å². The summed E-state index contributed by atoms with van der Waals surface area (Å²) in [7, 11) is 0.331. The Bertz CT molecular complexity index is 77.6. The van der Waals surface area contributed by atoms with Crippen LogP contribution in [0.15, 0.2) is 0 Å². The lowest BCUT2D eigenvalue weighted by Gasteiger charge is -2.24. The molecule has 0 aromatic heterocycles. The topological polar surface area (TPSA) is 40.5 Å². The van der Waals surface area contributed by atoms with E-state index in [1.807, 2.05) is 0 Å². The third kappa shape index (κ3) is 1.99. The molecule has 1 fully saturated rings. The highest BCUT2D eigenvalue weighted by atomic mass is 16.3. The molecule has 0 radical (unpaired) electrons. The SMILES string of the molecule is OBC1CCC(CO)CC1. The van der Waals surface area contributed by atoms with Crippen molar-refractivity contribution in [3.8, 4) is 0 Å². The molecule has 1 saturated carbocycles. The van der Waals surface area contributed by atoms with Gasteiger partial charge in [0, 0.05) is 6.61 Å². The van der Waals surface area contributed by atoms with Crippen LogP contribution >= 0.6 is 0 Å². The molecular weight excluding hydrogens is 127 g/mol. The third-order valence-corrected chi connectivity index (χ3v) is 2.48. The molecule has 1 aliphatic rings. The molecule has 0 aromatic rings. The first kappa shape index (κ1) is 8.09. The maximum atomic E-state index is 8.79. The molecule has 58 valence electrons. The molecule has 3 heteroatoms. The molecule has 2 N–H and O–H groups in total. The molecule has 10 heavy (non-hydrogen) atoms. The lowest BCUT2D eigenvalue weighted by molar-refractivity contribution is 0.188. The smallest absolute Gasteiger partial charge is 0.273 e. The zero-order chi connectivity index (χ0) is 7.40. The second-order valence-corrected chi connectivity index (χ2v) is 3.25. The number of hydrogen-bond acceptors (Lipinski definition) is 2. The zero-order valence-corrected chi connectivity index (χ0v) is 6.29. The molecule has 0 saturated heterocycles. The summed E-state index contributed by atoms with van der Waals surface area (Å²) in [6.45, 7) is 0.331. The highest BCUT2D eigenvalue weighted by molar-refractivity contribution is 6.27. The second-order valence-electron chi connectivity index (χ2n) is 3.25. The average Bonchev–Trinajstić information content (AvgIpc) is 2.05. The van der Waals surface area contributed by atoms with Gasteiger partial charge in [-0.1, -0.05) is 12.8 Å². The minimum absolute atomic E-state index is 0.331. The summed E-state index contributed by atoms with van der Waals surface area (Å²) < 4.78 is 0. The van der Waals surface area contributed by atoms with E-state index in [0.29, 0.717) is 25.8 Å². The van der Waals surface area contributed by atoms with Crippen molar-refractivity contribution in [3.63, 3.8) is 0 Å². The minimum Gasteiger partial charge on any atom is -0.454 e. The van der Waals surface area contributed by atoms with E-state index in [0.717, 1.165) is 25.7 Å². The van der Waals surface area contributed by atoms with Gasteiger partial charge in [0.15, 0.2) is 0 Å². The van der Waals surface area contributed by atoms with E-state index in [4.69, 9.17) is 10.1 Å². The highest BCUT2D eigenvalue weighted by Gasteiger charge is 2.20. The summed E-state index contributed by atoms with van der Waals surface area (Å²) >= 11 is 0. The van der Waals surface area contributed by atoms with E-state index in [2.05, 4.69) is 0 Å². The van der Waals surface area contributed by atoms with Gasteiger partial charge in [-0.25, -0.2) is 0 Å². The van der Waals surface area contributed by atoms with Crippen LogP contribution in [0, 0.1) is 5.92 Å². The number of rotatable bonds is 2. The predicted octanol–water partition coefficient (Wildman–Crippen LogP) is 0.301. The van der Waals surface area contributed by atoms with E-state index in [9.17, 15) is 0 Å². The summed E-state index contributed by atoms with van der Waals surface area (Å²) in [5.74, 6) is 1.03. The van der Waals surface area contributed by atoms with E-state index in [1.165, 1.54) is 0 Å². The maximum Gasteiger partial charge on any atom is 0.273 e. The summed E-state index contributed by atoms with van der Waals surface area (Å²) in [6, 6.07) is 0. The lowest BCUT2D eigenvalue weighted by atomic mass is 9.68. The monoisotopic (exact) mass is 142 g/mol. The van der Waals surface area contributed by atoms with Gasteiger partial charge in [0.25, 0.3) is 7.48 Å². The first-order chi connectivity index (χ1) is 4.86. The van der Waals surface area contributed by atoms with Crippen molar-refractivity contribution in [2.24, 2.45) is 5.92 Å². The average molecular weight is 142 g/mol. The van der Waals surface area contributed by atoms with Crippen LogP contribution < -0.4 is 0 Å². The normalized spacial score (nSPS) is 33.8. The Kier molecular flexibility index (Phi) is 3.22. The first-order valence-corrected chi connectivity index (χ1v) is 4.08. The van der Waals surface area contributed by atoms with Crippen molar-refractivity contribution < 1.29 is 10.1 Å². The Morgan fingerprint density at radius 2 is 1.80 bits per heavy atom. The summed E-state index contributed by atoms with van der Waals surface area (Å²) in [5, 5.41) is 17.6.